The highest BCUT2D eigenvalue weighted by molar-refractivity contribution is 6.36. The molecule has 0 radical (unpaired) electrons. The predicted molar refractivity (Wildman–Crippen MR) is 107 cm³/mol. The second kappa shape index (κ2) is 7.35. The molecule has 1 aliphatic rings. The number of nitrogens with one attached hydrogen (secondary N) is 1. The van der Waals surface area contributed by atoms with Crippen LogP contribution in [0.1, 0.15) is 17.2 Å². The molecule has 138 valence electrons. The van der Waals surface area contributed by atoms with Gasteiger partial charge in [0.25, 0.3) is 0 Å². The molecule has 0 bridgehead atoms. The van der Waals surface area contributed by atoms with Gasteiger partial charge in [0.2, 0.25) is 5.88 Å². The Bertz CT molecular complexity index is 997. The Hall–Kier alpha value is -2.34. The van der Waals surface area contributed by atoms with Crippen molar-refractivity contribution < 1.29 is 9.84 Å². The summed E-state index contributed by atoms with van der Waals surface area (Å²) in [6.45, 7) is 0. The third-order valence-corrected chi connectivity index (χ3v) is 5.18. The van der Waals surface area contributed by atoms with E-state index in [1.165, 1.54) is 7.11 Å². The van der Waals surface area contributed by atoms with Crippen LogP contribution >= 0.6 is 23.2 Å². The molecule has 0 saturated carbocycles. The minimum Gasteiger partial charge on any atom is -0.479 e. The van der Waals surface area contributed by atoms with Crippen molar-refractivity contribution in [3.8, 4) is 17.1 Å². The van der Waals surface area contributed by atoms with E-state index in [-0.39, 0.29) is 6.04 Å². The van der Waals surface area contributed by atoms with E-state index in [0.717, 1.165) is 11.1 Å². The number of rotatable bonds is 4. The standard InChI is InChI=1S/C20H17Cl2N3O2/c1-27-20-19(14-7-6-12(21)9-15(14)22)23-10-17(25-20)24-18-13-5-3-2-4-11(13)8-16(18)26/h2-7,9-10,16,18,26H,8H2,1H3,(H,24,25). The largest absolute Gasteiger partial charge is 0.479 e. The maximum atomic E-state index is 10.4. The van der Waals surface area contributed by atoms with Gasteiger partial charge in [0.15, 0.2) is 0 Å². The van der Waals surface area contributed by atoms with Crippen LogP contribution in [0.25, 0.3) is 11.3 Å². The van der Waals surface area contributed by atoms with Gasteiger partial charge in [-0.25, -0.2) is 4.98 Å². The Balaban J connectivity index is 1.66. The Morgan fingerprint density at radius 1 is 1.19 bits per heavy atom. The molecule has 2 aromatic carbocycles. The van der Waals surface area contributed by atoms with Gasteiger partial charge in [-0.2, -0.15) is 4.98 Å². The van der Waals surface area contributed by atoms with Gasteiger partial charge in [-0.1, -0.05) is 47.5 Å². The van der Waals surface area contributed by atoms with Crippen LogP contribution in [0.4, 0.5) is 5.82 Å². The first-order valence-corrected chi connectivity index (χ1v) is 9.21. The van der Waals surface area contributed by atoms with E-state index >= 15 is 0 Å². The summed E-state index contributed by atoms with van der Waals surface area (Å²) < 4.78 is 5.42. The number of methoxy groups -OCH3 is 1. The van der Waals surface area contributed by atoms with Gasteiger partial charge in [-0.15, -0.1) is 0 Å². The molecule has 1 aliphatic carbocycles. The summed E-state index contributed by atoms with van der Waals surface area (Å²) in [5.74, 6) is 0.853. The van der Waals surface area contributed by atoms with Crippen LogP contribution in [0.3, 0.4) is 0 Å². The average molecular weight is 402 g/mol. The van der Waals surface area contributed by atoms with Crippen molar-refractivity contribution in [1.82, 2.24) is 9.97 Å². The highest BCUT2D eigenvalue weighted by atomic mass is 35.5. The summed E-state index contributed by atoms with van der Waals surface area (Å²) >= 11 is 12.3. The van der Waals surface area contributed by atoms with Gasteiger partial charge in [0, 0.05) is 17.0 Å². The third-order valence-electron chi connectivity index (χ3n) is 4.63. The third kappa shape index (κ3) is 3.46. The quantitative estimate of drug-likeness (QED) is 0.671. The molecule has 27 heavy (non-hydrogen) atoms. The number of benzene rings is 2. The van der Waals surface area contributed by atoms with Gasteiger partial charge in [-0.3, -0.25) is 0 Å². The lowest BCUT2D eigenvalue weighted by molar-refractivity contribution is 0.165. The summed E-state index contributed by atoms with van der Waals surface area (Å²) in [4.78, 5) is 8.98. The fourth-order valence-electron chi connectivity index (χ4n) is 3.36. The number of aliphatic hydroxyl groups is 1. The van der Waals surface area contributed by atoms with Crippen LogP contribution in [0.15, 0.2) is 48.7 Å². The molecule has 1 heterocycles. The topological polar surface area (TPSA) is 67.3 Å². The second-order valence-corrected chi connectivity index (χ2v) is 7.17. The number of aromatic nitrogens is 2. The van der Waals surface area contributed by atoms with Crippen molar-refractivity contribution in [2.24, 2.45) is 0 Å². The number of halogens is 2. The van der Waals surface area contributed by atoms with Crippen LogP contribution in [0.5, 0.6) is 5.88 Å². The van der Waals surface area contributed by atoms with Gasteiger partial charge in [0.05, 0.1) is 30.5 Å². The lowest BCUT2D eigenvalue weighted by Gasteiger charge is -2.19. The normalized spacial score (nSPS) is 18.2. The highest BCUT2D eigenvalue weighted by Gasteiger charge is 2.31. The number of anilines is 1. The lowest BCUT2D eigenvalue weighted by atomic mass is 10.1. The first-order valence-electron chi connectivity index (χ1n) is 8.45. The van der Waals surface area contributed by atoms with Crippen molar-refractivity contribution in [2.45, 2.75) is 18.6 Å². The van der Waals surface area contributed by atoms with E-state index in [2.05, 4.69) is 15.3 Å². The average Bonchev–Trinajstić information content (AvgIpc) is 2.97. The molecule has 3 aromatic rings. The molecular weight excluding hydrogens is 385 g/mol. The minimum atomic E-state index is -0.527. The van der Waals surface area contributed by atoms with Crippen LogP contribution in [-0.2, 0) is 6.42 Å². The molecule has 0 fully saturated rings. The van der Waals surface area contributed by atoms with Gasteiger partial charge < -0.3 is 15.2 Å². The second-order valence-electron chi connectivity index (χ2n) is 6.33. The Morgan fingerprint density at radius 2 is 2.00 bits per heavy atom. The number of aliphatic hydroxyl groups excluding tert-OH is 1. The van der Waals surface area contributed by atoms with Crippen LogP contribution < -0.4 is 10.1 Å². The molecule has 5 nitrogen and oxygen atoms in total. The predicted octanol–water partition coefficient (Wildman–Crippen LogP) is 4.53. The Labute approximate surface area is 167 Å². The number of hydrogen-bond acceptors (Lipinski definition) is 5. The number of hydrogen-bond donors (Lipinski definition) is 2. The monoisotopic (exact) mass is 401 g/mol. The number of fused-ring (bicyclic) bond motifs is 1. The minimum absolute atomic E-state index is 0.245. The molecule has 0 amide bonds. The fourth-order valence-corrected chi connectivity index (χ4v) is 3.86. The van der Waals surface area contributed by atoms with Crippen LogP contribution in [0.2, 0.25) is 10.0 Å². The summed E-state index contributed by atoms with van der Waals surface area (Å²) in [6, 6.07) is 12.9. The van der Waals surface area contributed by atoms with Crippen molar-refractivity contribution in [3.05, 3.63) is 69.8 Å². The maximum Gasteiger partial charge on any atom is 0.242 e. The maximum absolute atomic E-state index is 10.4. The molecule has 0 aliphatic heterocycles. The van der Waals surface area contributed by atoms with E-state index in [1.807, 2.05) is 24.3 Å². The summed E-state index contributed by atoms with van der Waals surface area (Å²) in [6.07, 6.45) is 1.69. The van der Waals surface area contributed by atoms with Gasteiger partial charge in [0.1, 0.15) is 11.5 Å². The zero-order chi connectivity index (χ0) is 19.0. The molecule has 1 aromatic heterocycles. The van der Waals surface area contributed by atoms with E-state index < -0.39 is 6.10 Å². The van der Waals surface area contributed by atoms with Crippen molar-refractivity contribution in [2.75, 3.05) is 12.4 Å². The summed E-state index contributed by atoms with van der Waals surface area (Å²) in [5.41, 5.74) is 3.41. The van der Waals surface area contributed by atoms with Gasteiger partial charge >= 0.3 is 0 Å². The fraction of sp³-hybridized carbons (Fsp3) is 0.200. The zero-order valence-corrected chi connectivity index (χ0v) is 16.0. The van der Waals surface area contributed by atoms with Crippen LogP contribution in [-0.4, -0.2) is 28.3 Å². The van der Waals surface area contributed by atoms with Crippen molar-refractivity contribution in [1.29, 1.82) is 0 Å². The number of ether oxygens (including phenoxy) is 1. The molecule has 0 spiro atoms. The smallest absolute Gasteiger partial charge is 0.242 e. The number of nitrogens with zero attached hydrogens (tertiary/aromatic N) is 2. The molecule has 2 atom stereocenters. The molecular formula is C20H17Cl2N3O2. The summed E-state index contributed by atoms with van der Waals surface area (Å²) in [5, 5.41) is 14.7. The Kier molecular flexibility index (Phi) is 4.91. The summed E-state index contributed by atoms with van der Waals surface area (Å²) in [7, 11) is 1.53. The molecule has 0 saturated heterocycles. The van der Waals surface area contributed by atoms with E-state index in [4.69, 9.17) is 27.9 Å². The van der Waals surface area contributed by atoms with E-state index in [1.54, 1.807) is 24.4 Å². The highest BCUT2D eigenvalue weighted by Crippen LogP contribution is 2.36. The molecule has 2 N–H and O–H groups in total. The van der Waals surface area contributed by atoms with E-state index in [9.17, 15) is 5.11 Å². The van der Waals surface area contributed by atoms with Crippen LogP contribution in [0, 0.1) is 0 Å². The van der Waals surface area contributed by atoms with E-state index in [0.29, 0.717) is 39.4 Å². The zero-order valence-electron chi connectivity index (χ0n) is 14.5. The molecule has 7 heteroatoms. The first-order chi connectivity index (χ1) is 13.1. The first kappa shape index (κ1) is 18.0. The molecule has 2 unspecified atom stereocenters. The Morgan fingerprint density at radius 3 is 2.78 bits per heavy atom. The van der Waals surface area contributed by atoms with Crippen molar-refractivity contribution >= 4 is 29.0 Å². The molecule has 4 rings (SSSR count). The van der Waals surface area contributed by atoms with Crippen molar-refractivity contribution in [3.63, 3.8) is 0 Å². The SMILES string of the molecule is COc1nc(NC2c3ccccc3CC2O)cnc1-c1ccc(Cl)cc1Cl. The van der Waals surface area contributed by atoms with Gasteiger partial charge in [-0.05, 0) is 29.3 Å². The lowest BCUT2D eigenvalue weighted by Crippen LogP contribution is -2.21.